The Morgan fingerprint density at radius 2 is 1.90 bits per heavy atom. The Morgan fingerprint density at radius 1 is 1.14 bits per heavy atom. The summed E-state index contributed by atoms with van der Waals surface area (Å²) in [7, 11) is 5.25. The van der Waals surface area contributed by atoms with E-state index >= 15 is 0 Å². The molecule has 3 aromatic heterocycles. The first-order chi connectivity index (χ1) is 30.0. The van der Waals surface area contributed by atoms with Crippen molar-refractivity contribution in [3.05, 3.63) is 58.2 Å². The van der Waals surface area contributed by atoms with Crippen molar-refractivity contribution in [1.82, 2.24) is 45.4 Å². The van der Waals surface area contributed by atoms with Gasteiger partial charge in [-0.1, -0.05) is 33.8 Å². The number of aromatic nitrogens is 3. The minimum atomic E-state index is -1.04. The van der Waals surface area contributed by atoms with E-state index in [-0.39, 0.29) is 43.0 Å². The molecule has 340 valence electrons. The summed E-state index contributed by atoms with van der Waals surface area (Å²) in [6.45, 7) is 16.6. The zero-order chi connectivity index (χ0) is 45.3. The van der Waals surface area contributed by atoms with Gasteiger partial charge in [0.1, 0.15) is 18.1 Å². The van der Waals surface area contributed by atoms with E-state index in [0.29, 0.717) is 56.4 Å². The van der Waals surface area contributed by atoms with E-state index in [4.69, 9.17) is 19.4 Å². The maximum Gasteiger partial charge on any atom is 0.324 e. The van der Waals surface area contributed by atoms with Crippen LogP contribution in [0.15, 0.2) is 41.9 Å². The molecule has 63 heavy (non-hydrogen) atoms. The predicted molar refractivity (Wildman–Crippen MR) is 245 cm³/mol. The number of nitrogens with zero attached hydrogens (tertiary/aromatic N) is 6. The zero-order valence-electron chi connectivity index (χ0n) is 38.5. The number of nitrogens with one attached hydrogen (secondary N) is 3. The second-order valence-corrected chi connectivity index (χ2v) is 19.5. The third-order valence-electron chi connectivity index (χ3n) is 13.1. The van der Waals surface area contributed by atoms with E-state index in [1.165, 1.54) is 21.2 Å². The Kier molecular flexibility index (Phi) is 13.9. The summed E-state index contributed by atoms with van der Waals surface area (Å²) in [5, 5.41) is 11.5. The van der Waals surface area contributed by atoms with Crippen molar-refractivity contribution in [2.45, 2.75) is 111 Å². The summed E-state index contributed by atoms with van der Waals surface area (Å²) in [5.74, 6) is -1.17. The highest BCUT2D eigenvalue weighted by Crippen LogP contribution is 2.42. The highest BCUT2D eigenvalue weighted by molar-refractivity contribution is 7.10. The number of hydrogen-bond acceptors (Lipinski definition) is 11. The van der Waals surface area contributed by atoms with Crippen molar-refractivity contribution in [3.8, 4) is 22.5 Å². The van der Waals surface area contributed by atoms with E-state index in [0.717, 1.165) is 44.7 Å². The number of esters is 1. The Bertz CT molecular complexity index is 2320. The summed E-state index contributed by atoms with van der Waals surface area (Å²) in [6, 6.07) is 7.87. The van der Waals surface area contributed by atoms with Crippen molar-refractivity contribution < 1.29 is 28.7 Å². The maximum absolute atomic E-state index is 14.6. The summed E-state index contributed by atoms with van der Waals surface area (Å²) in [5.41, 5.74) is 9.39. The molecule has 16 heteroatoms. The SMILES string of the molecule is CCn1c(-c2cccnc2[C@H](C)OC)c2c3cc(ccc31)-c1csc(n1)C[C@H](NC(=O)C(C(C)C)N(C)C(=O)N1CC([C@H](C)NC)C1)C(=O)N1CCC[C@H](N1)C(=O)OCC(C)(C)C2. The number of rotatable bonds is 10. The van der Waals surface area contributed by atoms with Crippen LogP contribution in [0.3, 0.4) is 0 Å². The van der Waals surface area contributed by atoms with Crippen LogP contribution in [0.2, 0.25) is 0 Å². The lowest BCUT2D eigenvalue weighted by atomic mass is 9.84. The Labute approximate surface area is 375 Å². The fourth-order valence-electron chi connectivity index (χ4n) is 9.31. The largest absolute Gasteiger partial charge is 0.464 e. The Balaban J connectivity index is 1.27. The summed E-state index contributed by atoms with van der Waals surface area (Å²) >= 11 is 1.43. The molecule has 3 aliphatic heterocycles. The van der Waals surface area contributed by atoms with Gasteiger partial charge in [0.25, 0.3) is 5.91 Å². The first kappa shape index (κ1) is 46.1. The normalized spacial score (nSPS) is 21.1. The van der Waals surface area contributed by atoms with Crippen molar-refractivity contribution in [3.63, 3.8) is 0 Å². The topological polar surface area (TPSA) is 163 Å². The standard InChI is InChI=1S/C47H65N9O6S/c1-11-55-38-17-16-30-20-33(38)34(42(55)32-14-12-18-49-40(32)29(5)61-10)22-47(6,7)26-62-45(59)35-15-13-19-56(52-35)44(58)36(21-39-50-37(30)25-63-39)51-43(57)41(27(2)3)53(9)46(60)54-23-31(24-54)28(4)48-8/h12,14,16-18,20,25,27-29,31,35-36,41,48,52H,11,13,15,19,21-24,26H2,1-10H3,(H,51,57)/t28-,29-,35-,36-,41?/m0/s1. The molecule has 1 unspecified atom stereocenters. The molecule has 7 rings (SSSR count). The van der Waals surface area contributed by atoms with Crippen LogP contribution in [-0.4, -0.2) is 125 Å². The first-order valence-electron chi connectivity index (χ1n) is 22.4. The predicted octanol–water partition coefficient (Wildman–Crippen LogP) is 5.82. The van der Waals surface area contributed by atoms with Gasteiger partial charge in [-0.05, 0) is 82.8 Å². The van der Waals surface area contributed by atoms with Gasteiger partial charge in [-0.25, -0.2) is 15.2 Å². The minimum absolute atomic E-state index is 0.111. The molecule has 4 amide bonds. The quantitative estimate of drug-likeness (QED) is 0.166. The highest BCUT2D eigenvalue weighted by Gasteiger charge is 2.41. The molecule has 0 radical (unpaired) electrons. The van der Waals surface area contributed by atoms with Gasteiger partial charge in [0.05, 0.1) is 34.8 Å². The van der Waals surface area contributed by atoms with Crippen molar-refractivity contribution in [1.29, 1.82) is 0 Å². The number of carbonyl (C=O) groups is 4. The number of likely N-dealkylation sites (N-methyl/N-ethyl adjacent to an activating group) is 1. The number of aryl methyl sites for hydroxylation is 1. The van der Waals surface area contributed by atoms with Crippen LogP contribution in [0.4, 0.5) is 4.79 Å². The lowest BCUT2D eigenvalue weighted by Gasteiger charge is -2.45. The highest BCUT2D eigenvalue weighted by atomic mass is 32.1. The zero-order valence-corrected chi connectivity index (χ0v) is 39.3. The molecule has 2 fully saturated rings. The number of pyridine rings is 1. The molecule has 0 aliphatic carbocycles. The van der Waals surface area contributed by atoms with E-state index in [1.807, 2.05) is 39.3 Å². The lowest BCUT2D eigenvalue weighted by molar-refractivity contribution is -0.155. The number of amides is 4. The molecule has 3 aliphatic rings. The van der Waals surface area contributed by atoms with Crippen molar-refractivity contribution >= 4 is 46.1 Å². The van der Waals surface area contributed by atoms with Gasteiger partial charge in [-0.3, -0.25) is 24.4 Å². The lowest BCUT2D eigenvalue weighted by Crippen LogP contribution is -2.64. The third kappa shape index (κ3) is 9.50. The molecular formula is C47H65N9O6S. The smallest absolute Gasteiger partial charge is 0.324 e. The average Bonchev–Trinajstić information content (AvgIpc) is 3.85. The molecule has 0 spiro atoms. The number of cyclic esters (lactones) is 1. The van der Waals surface area contributed by atoms with Crippen LogP contribution >= 0.6 is 11.3 Å². The average molecular weight is 884 g/mol. The number of hydrogen-bond donors (Lipinski definition) is 3. The molecule has 1 aromatic carbocycles. The number of hydrazine groups is 1. The van der Waals surface area contributed by atoms with Gasteiger partial charge in [0, 0.05) is 97.7 Å². The molecular weight excluding hydrogens is 819 g/mol. The minimum Gasteiger partial charge on any atom is -0.464 e. The number of urea groups is 1. The van der Waals surface area contributed by atoms with Crippen LogP contribution in [0.25, 0.3) is 33.4 Å². The molecule has 5 atom stereocenters. The fraction of sp³-hybridized carbons (Fsp3) is 0.574. The Morgan fingerprint density at radius 3 is 2.60 bits per heavy atom. The number of ether oxygens (including phenoxy) is 2. The van der Waals surface area contributed by atoms with Crippen LogP contribution in [0.5, 0.6) is 0 Å². The van der Waals surface area contributed by atoms with Gasteiger partial charge in [-0.15, -0.1) is 11.3 Å². The monoisotopic (exact) mass is 883 g/mol. The third-order valence-corrected chi connectivity index (χ3v) is 14.0. The van der Waals surface area contributed by atoms with Gasteiger partial charge >= 0.3 is 12.0 Å². The van der Waals surface area contributed by atoms with Crippen LogP contribution in [-0.2, 0) is 43.2 Å². The van der Waals surface area contributed by atoms with Crippen molar-refractivity contribution in [2.75, 3.05) is 47.4 Å². The molecule has 3 N–H and O–H groups in total. The summed E-state index contributed by atoms with van der Waals surface area (Å²) in [6.07, 6.45) is 3.30. The summed E-state index contributed by atoms with van der Waals surface area (Å²) < 4.78 is 14.2. The van der Waals surface area contributed by atoms with Gasteiger partial charge in [0.15, 0.2) is 0 Å². The second kappa shape index (κ2) is 19.1. The number of likely N-dealkylation sites (tertiary alicyclic amines) is 1. The molecule has 4 aromatic rings. The number of fused-ring (bicyclic) bond motifs is 6. The number of carbonyl (C=O) groups excluding carboxylic acids is 4. The van der Waals surface area contributed by atoms with E-state index in [2.05, 4.69) is 72.6 Å². The molecule has 2 saturated heterocycles. The van der Waals surface area contributed by atoms with E-state index in [9.17, 15) is 19.2 Å². The molecule has 15 nitrogen and oxygen atoms in total. The van der Waals surface area contributed by atoms with Crippen LogP contribution < -0.4 is 16.1 Å². The van der Waals surface area contributed by atoms with Gasteiger partial charge in [-0.2, -0.15) is 0 Å². The Hall–Kier alpha value is -4.90. The maximum atomic E-state index is 14.6. The molecule has 0 saturated carbocycles. The van der Waals surface area contributed by atoms with E-state index in [1.54, 1.807) is 25.3 Å². The van der Waals surface area contributed by atoms with Crippen molar-refractivity contribution in [2.24, 2.45) is 17.3 Å². The fourth-order valence-corrected chi connectivity index (χ4v) is 10.2. The number of methoxy groups -OCH3 is 1. The molecule has 6 heterocycles. The van der Waals surface area contributed by atoms with E-state index < -0.39 is 35.4 Å². The van der Waals surface area contributed by atoms with Crippen LogP contribution in [0.1, 0.15) is 83.7 Å². The van der Waals surface area contributed by atoms with Gasteiger partial charge < -0.3 is 34.5 Å². The molecule has 6 bridgehead atoms. The van der Waals surface area contributed by atoms with Gasteiger partial charge in [0.2, 0.25) is 5.91 Å². The second-order valence-electron chi connectivity index (χ2n) is 18.6. The van der Waals surface area contributed by atoms with Crippen LogP contribution in [0, 0.1) is 17.3 Å². The number of thiazole rings is 1. The summed E-state index contributed by atoms with van der Waals surface area (Å²) in [4.78, 5) is 69.6. The number of benzene rings is 1. The first-order valence-corrected chi connectivity index (χ1v) is 23.2.